The maximum absolute atomic E-state index is 11.8. The van der Waals surface area contributed by atoms with Crippen molar-refractivity contribution < 1.29 is 19.0 Å². The molecule has 0 radical (unpaired) electrons. The first-order chi connectivity index (χ1) is 11.7. The summed E-state index contributed by atoms with van der Waals surface area (Å²) in [5.41, 5.74) is 2.51. The van der Waals surface area contributed by atoms with Gasteiger partial charge in [0.15, 0.2) is 11.5 Å². The smallest absolute Gasteiger partial charge is 0.325 e. The van der Waals surface area contributed by atoms with Crippen LogP contribution in [-0.4, -0.2) is 36.8 Å². The molecule has 0 amide bonds. The second-order valence-corrected chi connectivity index (χ2v) is 5.16. The van der Waals surface area contributed by atoms with Gasteiger partial charge in [0.25, 0.3) is 0 Å². The number of ether oxygens (including phenoxy) is 3. The monoisotopic (exact) mass is 326 g/mol. The van der Waals surface area contributed by atoms with Gasteiger partial charge in [0.1, 0.15) is 12.4 Å². The minimum absolute atomic E-state index is 0.0840. The molecule has 2 aromatic carbocycles. The fourth-order valence-electron chi connectivity index (χ4n) is 2.62. The van der Waals surface area contributed by atoms with Crippen LogP contribution in [0.4, 0.5) is 0 Å². The predicted molar refractivity (Wildman–Crippen MR) is 90.3 cm³/mol. The second kappa shape index (κ2) is 6.62. The molecule has 0 aliphatic rings. The van der Waals surface area contributed by atoms with Crippen molar-refractivity contribution in [1.82, 2.24) is 9.55 Å². The van der Waals surface area contributed by atoms with E-state index >= 15 is 0 Å². The maximum Gasteiger partial charge on any atom is 0.325 e. The summed E-state index contributed by atoms with van der Waals surface area (Å²) in [5, 5.41) is 0. The molecular weight excluding hydrogens is 308 g/mol. The third-order valence-corrected chi connectivity index (χ3v) is 3.81. The van der Waals surface area contributed by atoms with E-state index in [0.717, 1.165) is 16.6 Å². The largest absolute Gasteiger partial charge is 0.493 e. The van der Waals surface area contributed by atoms with Crippen LogP contribution in [0.15, 0.2) is 42.5 Å². The van der Waals surface area contributed by atoms with Crippen molar-refractivity contribution in [2.45, 2.75) is 6.54 Å². The maximum atomic E-state index is 11.8. The van der Waals surface area contributed by atoms with E-state index in [9.17, 15) is 4.79 Å². The Morgan fingerprint density at radius 3 is 2.50 bits per heavy atom. The zero-order valence-electron chi connectivity index (χ0n) is 13.8. The number of esters is 1. The van der Waals surface area contributed by atoms with E-state index in [4.69, 9.17) is 14.2 Å². The van der Waals surface area contributed by atoms with E-state index in [1.807, 2.05) is 47.0 Å². The normalized spacial score (nSPS) is 10.6. The van der Waals surface area contributed by atoms with Crippen molar-refractivity contribution >= 4 is 17.0 Å². The van der Waals surface area contributed by atoms with Gasteiger partial charge in [-0.15, -0.1) is 0 Å². The number of carbonyl (C=O) groups excluding carboxylic acids is 1. The van der Waals surface area contributed by atoms with E-state index in [1.54, 1.807) is 14.2 Å². The second-order valence-electron chi connectivity index (χ2n) is 5.16. The first kappa shape index (κ1) is 15.9. The number of methoxy groups -OCH3 is 3. The molecule has 3 aromatic rings. The molecule has 0 spiro atoms. The Morgan fingerprint density at radius 2 is 1.79 bits per heavy atom. The fraction of sp³-hybridized carbons (Fsp3) is 0.222. The van der Waals surface area contributed by atoms with Crippen molar-refractivity contribution in [2.24, 2.45) is 0 Å². The Labute approximate surface area is 139 Å². The molecule has 1 aromatic heterocycles. The molecule has 1 heterocycles. The Balaban J connectivity index is 2.18. The topological polar surface area (TPSA) is 62.6 Å². The molecule has 0 saturated carbocycles. The van der Waals surface area contributed by atoms with Crippen molar-refractivity contribution in [3.8, 4) is 22.9 Å². The highest BCUT2D eigenvalue weighted by atomic mass is 16.5. The van der Waals surface area contributed by atoms with Gasteiger partial charge in [0, 0.05) is 5.56 Å². The molecule has 0 atom stereocenters. The van der Waals surface area contributed by atoms with Crippen LogP contribution in [0.2, 0.25) is 0 Å². The van der Waals surface area contributed by atoms with Crippen LogP contribution in [0.1, 0.15) is 0 Å². The number of fused-ring (bicyclic) bond motifs is 1. The highest BCUT2D eigenvalue weighted by Gasteiger charge is 2.17. The number of carbonyl (C=O) groups is 1. The van der Waals surface area contributed by atoms with E-state index in [1.165, 1.54) is 7.11 Å². The predicted octanol–water partition coefficient (Wildman–Crippen LogP) is 2.89. The average molecular weight is 326 g/mol. The Hall–Kier alpha value is -3.02. The number of hydrogen-bond donors (Lipinski definition) is 0. The molecular formula is C18H18N2O4. The van der Waals surface area contributed by atoms with Gasteiger partial charge in [-0.25, -0.2) is 4.98 Å². The number of rotatable bonds is 5. The first-order valence-electron chi connectivity index (χ1n) is 7.42. The number of benzene rings is 2. The molecule has 0 bridgehead atoms. The molecule has 0 aliphatic carbocycles. The van der Waals surface area contributed by atoms with E-state index in [-0.39, 0.29) is 12.5 Å². The van der Waals surface area contributed by atoms with Crippen LogP contribution >= 0.6 is 0 Å². The number of imidazole rings is 1. The highest BCUT2D eigenvalue weighted by Crippen LogP contribution is 2.33. The molecule has 0 saturated heterocycles. The van der Waals surface area contributed by atoms with Gasteiger partial charge in [0.05, 0.1) is 32.4 Å². The van der Waals surface area contributed by atoms with Crippen LogP contribution in [0.25, 0.3) is 22.4 Å². The number of para-hydroxylation sites is 2. The number of hydrogen-bond acceptors (Lipinski definition) is 5. The molecule has 0 unspecified atom stereocenters. The molecule has 24 heavy (non-hydrogen) atoms. The van der Waals surface area contributed by atoms with Crippen LogP contribution in [0.5, 0.6) is 11.5 Å². The van der Waals surface area contributed by atoms with Crippen LogP contribution in [-0.2, 0) is 16.1 Å². The summed E-state index contributed by atoms with van der Waals surface area (Å²) in [6.07, 6.45) is 0. The summed E-state index contributed by atoms with van der Waals surface area (Å²) < 4.78 is 17.3. The molecule has 6 nitrogen and oxygen atoms in total. The highest BCUT2D eigenvalue weighted by molar-refractivity contribution is 5.83. The van der Waals surface area contributed by atoms with Gasteiger partial charge in [-0.1, -0.05) is 12.1 Å². The van der Waals surface area contributed by atoms with Gasteiger partial charge in [-0.05, 0) is 30.3 Å². The van der Waals surface area contributed by atoms with E-state index < -0.39 is 0 Å². The van der Waals surface area contributed by atoms with Crippen LogP contribution in [0, 0.1) is 0 Å². The summed E-state index contributed by atoms with van der Waals surface area (Å²) in [5.74, 6) is 1.57. The summed E-state index contributed by atoms with van der Waals surface area (Å²) in [6, 6.07) is 13.2. The molecule has 0 N–H and O–H groups in total. The average Bonchev–Trinajstić information content (AvgIpc) is 2.99. The lowest BCUT2D eigenvalue weighted by Crippen LogP contribution is -2.12. The number of aromatic nitrogens is 2. The molecule has 0 aliphatic heterocycles. The molecule has 3 rings (SSSR count). The Morgan fingerprint density at radius 1 is 1.04 bits per heavy atom. The van der Waals surface area contributed by atoms with Gasteiger partial charge in [-0.3, -0.25) is 4.79 Å². The Bertz CT molecular complexity index is 886. The van der Waals surface area contributed by atoms with E-state index in [2.05, 4.69) is 4.98 Å². The van der Waals surface area contributed by atoms with E-state index in [0.29, 0.717) is 17.3 Å². The van der Waals surface area contributed by atoms with Crippen LogP contribution in [0.3, 0.4) is 0 Å². The lowest BCUT2D eigenvalue weighted by molar-refractivity contribution is -0.141. The standard InChI is InChI=1S/C18H18N2O4/c1-22-15-9-8-12(10-16(15)23-2)18-19-13-6-4-5-7-14(13)20(18)11-17(21)24-3/h4-10H,11H2,1-3H3. The molecule has 0 fully saturated rings. The summed E-state index contributed by atoms with van der Waals surface area (Å²) in [7, 11) is 4.54. The van der Waals surface area contributed by atoms with Gasteiger partial charge in [0.2, 0.25) is 0 Å². The lowest BCUT2D eigenvalue weighted by atomic mass is 10.2. The summed E-state index contributed by atoms with van der Waals surface area (Å²) in [4.78, 5) is 16.5. The lowest BCUT2D eigenvalue weighted by Gasteiger charge is -2.11. The van der Waals surface area contributed by atoms with Crippen molar-refractivity contribution in [1.29, 1.82) is 0 Å². The van der Waals surface area contributed by atoms with Crippen molar-refractivity contribution in [3.05, 3.63) is 42.5 Å². The van der Waals surface area contributed by atoms with Crippen LogP contribution < -0.4 is 9.47 Å². The van der Waals surface area contributed by atoms with Gasteiger partial charge in [-0.2, -0.15) is 0 Å². The van der Waals surface area contributed by atoms with Gasteiger partial charge >= 0.3 is 5.97 Å². The van der Waals surface area contributed by atoms with Gasteiger partial charge < -0.3 is 18.8 Å². The zero-order valence-corrected chi connectivity index (χ0v) is 13.8. The molecule has 6 heteroatoms. The number of nitrogens with zero attached hydrogens (tertiary/aromatic N) is 2. The van der Waals surface area contributed by atoms with Crippen molar-refractivity contribution in [2.75, 3.05) is 21.3 Å². The first-order valence-corrected chi connectivity index (χ1v) is 7.42. The third-order valence-electron chi connectivity index (χ3n) is 3.81. The third kappa shape index (κ3) is 2.78. The summed E-state index contributed by atoms with van der Waals surface area (Å²) in [6.45, 7) is 0.0840. The molecule has 124 valence electrons. The fourth-order valence-corrected chi connectivity index (χ4v) is 2.62. The minimum Gasteiger partial charge on any atom is -0.493 e. The Kier molecular flexibility index (Phi) is 4.37. The summed E-state index contributed by atoms with van der Waals surface area (Å²) >= 11 is 0. The SMILES string of the molecule is COC(=O)Cn1c(-c2ccc(OC)c(OC)c2)nc2ccccc21. The van der Waals surface area contributed by atoms with Crippen molar-refractivity contribution in [3.63, 3.8) is 0 Å². The quantitative estimate of drug-likeness (QED) is 0.675. The minimum atomic E-state index is -0.333. The zero-order chi connectivity index (χ0) is 17.1.